The van der Waals surface area contributed by atoms with E-state index >= 15 is 0 Å². The first-order valence-corrected chi connectivity index (χ1v) is 11.7. The maximum atomic E-state index is 12.2. The van der Waals surface area contributed by atoms with Gasteiger partial charge in [0, 0.05) is 11.9 Å². The molecule has 3 rings (SSSR count). The molecule has 0 aromatic heterocycles. The average molecular weight is 474 g/mol. The number of esters is 1. The summed E-state index contributed by atoms with van der Waals surface area (Å²) in [5.74, 6) is -0.102. The lowest BCUT2D eigenvalue weighted by Crippen LogP contribution is -2.21. The summed E-state index contributed by atoms with van der Waals surface area (Å²) in [5, 5.41) is 2.60. The van der Waals surface area contributed by atoms with E-state index in [9.17, 15) is 18.0 Å². The standard InChI is InChI=1S/C23H20ClNO6S/c1-15-3-8-18(9-4-15)31-19-10-6-17(7-11-19)25-22(26)14-30-23(27)16-5-12-20(24)21(13-16)32(2,28)29/h3-13H,14H2,1-2H3,(H,25,26). The van der Waals surface area contributed by atoms with Crippen molar-refractivity contribution in [2.24, 2.45) is 0 Å². The normalized spacial score (nSPS) is 11.0. The minimum absolute atomic E-state index is 0.00315. The Balaban J connectivity index is 1.54. The SMILES string of the molecule is Cc1ccc(Oc2ccc(NC(=O)COC(=O)c3ccc(Cl)c(S(C)(=O)=O)c3)cc2)cc1. The minimum Gasteiger partial charge on any atom is -0.457 e. The largest absolute Gasteiger partial charge is 0.457 e. The van der Waals surface area contributed by atoms with E-state index in [1.807, 2.05) is 31.2 Å². The maximum absolute atomic E-state index is 12.2. The van der Waals surface area contributed by atoms with Gasteiger partial charge in [-0.25, -0.2) is 13.2 Å². The zero-order valence-electron chi connectivity index (χ0n) is 17.3. The van der Waals surface area contributed by atoms with Gasteiger partial charge in [-0.1, -0.05) is 29.3 Å². The second kappa shape index (κ2) is 9.84. The van der Waals surface area contributed by atoms with Gasteiger partial charge in [0.2, 0.25) is 0 Å². The highest BCUT2D eigenvalue weighted by Gasteiger charge is 2.17. The van der Waals surface area contributed by atoms with Crippen molar-refractivity contribution in [1.82, 2.24) is 0 Å². The first kappa shape index (κ1) is 23.3. The number of nitrogens with one attached hydrogen (secondary N) is 1. The van der Waals surface area contributed by atoms with Crippen molar-refractivity contribution in [3.05, 3.63) is 82.9 Å². The van der Waals surface area contributed by atoms with Crippen LogP contribution in [0.4, 0.5) is 5.69 Å². The van der Waals surface area contributed by atoms with E-state index in [0.29, 0.717) is 17.2 Å². The van der Waals surface area contributed by atoms with Crippen molar-refractivity contribution in [1.29, 1.82) is 0 Å². The van der Waals surface area contributed by atoms with E-state index < -0.39 is 28.3 Å². The summed E-state index contributed by atoms with van der Waals surface area (Å²) in [5.41, 5.74) is 1.59. The lowest BCUT2D eigenvalue weighted by atomic mass is 10.2. The number of halogens is 1. The molecule has 1 N–H and O–H groups in total. The Morgan fingerprint density at radius 3 is 2.12 bits per heavy atom. The number of sulfone groups is 1. The summed E-state index contributed by atoms with van der Waals surface area (Å²) in [6.45, 7) is 1.44. The number of benzene rings is 3. The first-order chi connectivity index (χ1) is 15.1. The van der Waals surface area contributed by atoms with Crippen LogP contribution >= 0.6 is 11.6 Å². The fourth-order valence-electron chi connectivity index (χ4n) is 2.67. The van der Waals surface area contributed by atoms with E-state index in [2.05, 4.69) is 5.32 Å². The number of anilines is 1. The molecule has 3 aromatic rings. The Kier molecular flexibility index (Phi) is 7.17. The molecule has 0 saturated carbocycles. The minimum atomic E-state index is -3.62. The summed E-state index contributed by atoms with van der Waals surface area (Å²) in [4.78, 5) is 24.1. The summed E-state index contributed by atoms with van der Waals surface area (Å²) in [6.07, 6.45) is 0.980. The number of hydrogen-bond acceptors (Lipinski definition) is 6. The Bertz CT molecular complexity index is 1240. The molecular weight excluding hydrogens is 454 g/mol. The Hall–Kier alpha value is -3.36. The molecule has 9 heteroatoms. The topological polar surface area (TPSA) is 98.8 Å². The highest BCUT2D eigenvalue weighted by atomic mass is 35.5. The van der Waals surface area contributed by atoms with E-state index in [-0.39, 0.29) is 15.5 Å². The summed E-state index contributed by atoms with van der Waals surface area (Å²) in [7, 11) is -3.62. The fraction of sp³-hybridized carbons (Fsp3) is 0.130. The summed E-state index contributed by atoms with van der Waals surface area (Å²) < 4.78 is 34.2. The van der Waals surface area contributed by atoms with Crippen LogP contribution in [0.15, 0.2) is 71.6 Å². The van der Waals surface area contributed by atoms with Crippen LogP contribution in [0, 0.1) is 6.92 Å². The molecule has 0 aliphatic rings. The number of carbonyl (C=O) groups excluding carboxylic acids is 2. The smallest absolute Gasteiger partial charge is 0.338 e. The van der Waals surface area contributed by atoms with E-state index in [1.165, 1.54) is 12.1 Å². The molecule has 32 heavy (non-hydrogen) atoms. The number of hydrogen-bond donors (Lipinski definition) is 1. The monoisotopic (exact) mass is 473 g/mol. The lowest BCUT2D eigenvalue weighted by molar-refractivity contribution is -0.119. The van der Waals surface area contributed by atoms with Crippen LogP contribution in [0.3, 0.4) is 0 Å². The van der Waals surface area contributed by atoms with Crippen molar-refractivity contribution >= 4 is 39.0 Å². The van der Waals surface area contributed by atoms with E-state index in [4.69, 9.17) is 21.1 Å². The second-order valence-electron chi connectivity index (χ2n) is 6.98. The number of rotatable bonds is 7. The average Bonchev–Trinajstić information content (AvgIpc) is 2.74. The van der Waals surface area contributed by atoms with Gasteiger partial charge in [-0.3, -0.25) is 4.79 Å². The van der Waals surface area contributed by atoms with Gasteiger partial charge in [0.25, 0.3) is 5.91 Å². The molecule has 0 heterocycles. The van der Waals surface area contributed by atoms with Crippen LogP contribution < -0.4 is 10.1 Å². The molecule has 7 nitrogen and oxygen atoms in total. The van der Waals surface area contributed by atoms with Gasteiger partial charge >= 0.3 is 5.97 Å². The third kappa shape index (κ3) is 6.32. The molecule has 0 fully saturated rings. The lowest BCUT2D eigenvalue weighted by Gasteiger charge is -2.09. The van der Waals surface area contributed by atoms with Crippen LogP contribution in [0.5, 0.6) is 11.5 Å². The van der Waals surface area contributed by atoms with Gasteiger partial charge in [0.05, 0.1) is 15.5 Å². The molecule has 3 aromatic carbocycles. The number of carbonyl (C=O) groups is 2. The summed E-state index contributed by atoms with van der Waals surface area (Å²) >= 11 is 5.86. The molecular formula is C23H20ClNO6S. The zero-order valence-corrected chi connectivity index (χ0v) is 18.9. The third-order valence-electron chi connectivity index (χ3n) is 4.30. The molecule has 0 unspecified atom stereocenters. The number of amides is 1. The Labute approximate surface area is 190 Å². The zero-order chi connectivity index (χ0) is 23.3. The molecule has 166 valence electrons. The van der Waals surface area contributed by atoms with Gasteiger partial charge < -0.3 is 14.8 Å². The highest BCUT2D eigenvalue weighted by Crippen LogP contribution is 2.24. The van der Waals surface area contributed by atoms with Gasteiger partial charge in [-0.15, -0.1) is 0 Å². The quantitative estimate of drug-likeness (QED) is 0.502. The van der Waals surface area contributed by atoms with E-state index in [0.717, 1.165) is 17.9 Å². The molecule has 0 atom stereocenters. The molecule has 0 saturated heterocycles. The number of aryl methyl sites for hydroxylation is 1. The molecule has 0 radical (unpaired) electrons. The fourth-order valence-corrected chi connectivity index (χ4v) is 3.98. The molecule has 0 aliphatic carbocycles. The van der Waals surface area contributed by atoms with Crippen molar-refractivity contribution in [2.75, 3.05) is 18.2 Å². The van der Waals surface area contributed by atoms with Gasteiger partial charge in [0.1, 0.15) is 11.5 Å². The molecule has 0 bridgehead atoms. The Morgan fingerprint density at radius 2 is 1.53 bits per heavy atom. The number of ether oxygens (including phenoxy) is 2. The van der Waals surface area contributed by atoms with Crippen molar-refractivity contribution < 1.29 is 27.5 Å². The summed E-state index contributed by atoms with van der Waals surface area (Å²) in [6, 6.07) is 18.0. The van der Waals surface area contributed by atoms with Crippen molar-refractivity contribution in [3.63, 3.8) is 0 Å². The van der Waals surface area contributed by atoms with Crippen LogP contribution in [-0.2, 0) is 19.4 Å². The van der Waals surface area contributed by atoms with Gasteiger partial charge in [-0.05, 0) is 61.5 Å². The van der Waals surface area contributed by atoms with Crippen molar-refractivity contribution in [3.8, 4) is 11.5 Å². The Morgan fingerprint density at radius 1 is 0.938 bits per heavy atom. The van der Waals surface area contributed by atoms with Gasteiger partial charge in [-0.2, -0.15) is 0 Å². The van der Waals surface area contributed by atoms with Crippen molar-refractivity contribution in [2.45, 2.75) is 11.8 Å². The van der Waals surface area contributed by atoms with Crippen LogP contribution in [0.25, 0.3) is 0 Å². The predicted octanol–water partition coefficient (Wildman–Crippen LogP) is 4.64. The molecule has 0 aliphatic heterocycles. The molecule has 0 spiro atoms. The third-order valence-corrected chi connectivity index (χ3v) is 5.87. The van der Waals surface area contributed by atoms with Crippen LogP contribution in [0.2, 0.25) is 5.02 Å². The van der Waals surface area contributed by atoms with Crippen LogP contribution in [-0.4, -0.2) is 33.2 Å². The highest BCUT2D eigenvalue weighted by molar-refractivity contribution is 7.90. The molecule has 1 amide bonds. The maximum Gasteiger partial charge on any atom is 0.338 e. The van der Waals surface area contributed by atoms with Gasteiger partial charge in [0.15, 0.2) is 16.4 Å². The second-order valence-corrected chi connectivity index (χ2v) is 9.37. The predicted molar refractivity (Wildman–Crippen MR) is 121 cm³/mol. The van der Waals surface area contributed by atoms with Crippen LogP contribution in [0.1, 0.15) is 15.9 Å². The van der Waals surface area contributed by atoms with E-state index in [1.54, 1.807) is 24.3 Å². The first-order valence-electron chi connectivity index (χ1n) is 9.43.